The van der Waals surface area contributed by atoms with Crippen LogP contribution >= 0.6 is 24.0 Å². The summed E-state index contributed by atoms with van der Waals surface area (Å²) in [6.07, 6.45) is 2.08. The van der Waals surface area contributed by atoms with Crippen molar-refractivity contribution in [2.24, 2.45) is 0 Å². The zero-order valence-electron chi connectivity index (χ0n) is 5.23. The van der Waals surface area contributed by atoms with Crippen LogP contribution in [0.4, 0.5) is 0 Å². The molecule has 0 spiro atoms. The molecule has 0 atom stereocenters. The van der Waals surface area contributed by atoms with Crippen molar-refractivity contribution < 1.29 is 0 Å². The summed E-state index contributed by atoms with van der Waals surface area (Å²) in [4.78, 5) is 0.888. The van der Waals surface area contributed by atoms with Gasteiger partial charge in [-0.05, 0) is 13.2 Å². The van der Waals surface area contributed by atoms with Crippen LogP contribution < -0.4 is 5.32 Å². The number of nitrogens with one attached hydrogen (secondary N) is 1. The summed E-state index contributed by atoms with van der Waals surface area (Å²) in [6, 6.07) is 0. The molecule has 0 rings (SSSR count). The van der Waals surface area contributed by atoms with Gasteiger partial charge in [-0.3, -0.25) is 0 Å². The van der Waals surface area contributed by atoms with E-state index in [1.54, 1.807) is 0 Å². The Morgan fingerprint density at radius 2 is 2.38 bits per heavy atom. The fraction of sp³-hybridized carbons (Fsp3) is 0.800. The molecule has 3 heteroatoms. The van der Waals surface area contributed by atoms with Crippen LogP contribution in [-0.4, -0.2) is 23.5 Å². The summed E-state index contributed by atoms with van der Waals surface area (Å²) in [6.45, 7) is 2.90. The van der Waals surface area contributed by atoms with E-state index in [0.29, 0.717) is 0 Å². The maximum atomic E-state index is 4.79. The molecule has 8 heavy (non-hydrogen) atoms. The molecule has 0 saturated carbocycles. The molecule has 0 aromatic heterocycles. The molecule has 1 N–H and O–H groups in total. The molecule has 0 radical (unpaired) electrons. The quantitative estimate of drug-likeness (QED) is 0.479. The highest BCUT2D eigenvalue weighted by atomic mass is 32.2. The van der Waals surface area contributed by atoms with Crippen molar-refractivity contribution in [3.8, 4) is 0 Å². The van der Waals surface area contributed by atoms with Gasteiger partial charge in [-0.25, -0.2) is 0 Å². The molecule has 0 heterocycles. The number of thioether (sulfide) groups is 1. The van der Waals surface area contributed by atoms with E-state index in [1.807, 2.05) is 18.7 Å². The van der Waals surface area contributed by atoms with Gasteiger partial charge in [-0.2, -0.15) is 11.8 Å². The van der Waals surface area contributed by atoms with Crippen LogP contribution in [0.15, 0.2) is 0 Å². The fourth-order valence-corrected chi connectivity index (χ4v) is 0.737. The first-order valence-corrected chi connectivity index (χ1v) is 4.31. The third kappa shape index (κ3) is 6.24. The van der Waals surface area contributed by atoms with Gasteiger partial charge in [0.2, 0.25) is 0 Å². The monoisotopic (exact) mass is 149 g/mol. The van der Waals surface area contributed by atoms with E-state index in [4.69, 9.17) is 12.2 Å². The Hall–Kier alpha value is 0.240. The van der Waals surface area contributed by atoms with Crippen LogP contribution in [0.2, 0.25) is 0 Å². The number of thiocarbonyl (C=S) groups is 1. The molecule has 48 valence electrons. The summed E-state index contributed by atoms with van der Waals surface area (Å²) in [5, 5.41) is 3.06. The van der Waals surface area contributed by atoms with E-state index in [2.05, 4.69) is 11.6 Å². The second-order valence-corrected chi connectivity index (χ2v) is 3.07. The van der Waals surface area contributed by atoms with Crippen molar-refractivity contribution in [3.63, 3.8) is 0 Å². The van der Waals surface area contributed by atoms with Gasteiger partial charge in [0, 0.05) is 12.3 Å². The summed E-state index contributed by atoms with van der Waals surface area (Å²) in [7, 11) is 0. The molecule has 0 aromatic carbocycles. The van der Waals surface area contributed by atoms with E-state index in [0.717, 1.165) is 17.3 Å². The van der Waals surface area contributed by atoms with Gasteiger partial charge in [-0.15, -0.1) is 0 Å². The summed E-state index contributed by atoms with van der Waals surface area (Å²) >= 11 is 6.61. The number of rotatable bonds is 3. The predicted octanol–water partition coefficient (Wildman–Crippen LogP) is 1.29. The van der Waals surface area contributed by atoms with Crippen molar-refractivity contribution >= 4 is 29.0 Å². The Bertz CT molecular complexity index is 72.8. The van der Waals surface area contributed by atoms with Crippen LogP contribution in [0.5, 0.6) is 0 Å². The van der Waals surface area contributed by atoms with Crippen LogP contribution in [0, 0.1) is 0 Å². The molecule has 0 aliphatic heterocycles. The van der Waals surface area contributed by atoms with Crippen molar-refractivity contribution in [2.75, 3.05) is 18.6 Å². The highest BCUT2D eigenvalue weighted by Crippen LogP contribution is 1.86. The maximum absolute atomic E-state index is 4.79. The Balaban J connectivity index is 2.82. The lowest BCUT2D eigenvalue weighted by molar-refractivity contribution is 0.990. The molecule has 0 aliphatic carbocycles. The lowest BCUT2D eigenvalue weighted by atomic mass is 10.7. The molecule has 0 aromatic rings. The summed E-state index contributed by atoms with van der Waals surface area (Å²) < 4.78 is 0. The summed E-state index contributed by atoms with van der Waals surface area (Å²) in [5.41, 5.74) is 0. The molecule has 0 bridgehead atoms. The SMILES string of the molecule is CSCCNC(C)=S. The second kappa shape index (κ2) is 5.38. The van der Waals surface area contributed by atoms with E-state index in [-0.39, 0.29) is 0 Å². The second-order valence-electron chi connectivity index (χ2n) is 1.48. The average molecular weight is 149 g/mol. The fourth-order valence-electron chi connectivity index (χ4n) is 0.329. The zero-order valence-corrected chi connectivity index (χ0v) is 6.86. The van der Waals surface area contributed by atoms with Gasteiger partial charge in [0.25, 0.3) is 0 Å². The molecule has 1 nitrogen and oxygen atoms in total. The topological polar surface area (TPSA) is 12.0 Å². The Morgan fingerprint density at radius 1 is 1.75 bits per heavy atom. The average Bonchev–Trinajstić information content (AvgIpc) is 1.66. The Morgan fingerprint density at radius 3 is 2.75 bits per heavy atom. The van der Waals surface area contributed by atoms with Crippen molar-refractivity contribution in [1.29, 1.82) is 0 Å². The molecule has 0 saturated heterocycles. The lowest BCUT2D eigenvalue weighted by Crippen LogP contribution is -2.20. The van der Waals surface area contributed by atoms with Crippen LogP contribution in [0.25, 0.3) is 0 Å². The maximum Gasteiger partial charge on any atom is 0.0722 e. The van der Waals surface area contributed by atoms with Gasteiger partial charge >= 0.3 is 0 Å². The van der Waals surface area contributed by atoms with Crippen molar-refractivity contribution in [3.05, 3.63) is 0 Å². The lowest BCUT2D eigenvalue weighted by Gasteiger charge is -1.99. The highest BCUT2D eigenvalue weighted by molar-refractivity contribution is 7.98. The standard InChI is InChI=1S/C5H11NS2/c1-5(7)6-3-4-8-2/h3-4H2,1-2H3,(H,6,7). The van der Waals surface area contributed by atoms with Gasteiger partial charge in [0.05, 0.1) is 4.99 Å². The van der Waals surface area contributed by atoms with Crippen LogP contribution in [0.1, 0.15) is 6.92 Å². The third-order valence-electron chi connectivity index (χ3n) is 0.680. The van der Waals surface area contributed by atoms with Gasteiger partial charge in [0.15, 0.2) is 0 Å². The van der Waals surface area contributed by atoms with Gasteiger partial charge in [0.1, 0.15) is 0 Å². The third-order valence-corrected chi connectivity index (χ3v) is 1.44. The number of hydrogen-bond acceptors (Lipinski definition) is 2. The van der Waals surface area contributed by atoms with Crippen molar-refractivity contribution in [1.82, 2.24) is 5.32 Å². The first kappa shape index (κ1) is 8.24. The largest absolute Gasteiger partial charge is 0.379 e. The van der Waals surface area contributed by atoms with Crippen molar-refractivity contribution in [2.45, 2.75) is 6.92 Å². The molecule has 0 fully saturated rings. The predicted molar refractivity (Wildman–Crippen MR) is 44.7 cm³/mol. The van der Waals surface area contributed by atoms with E-state index < -0.39 is 0 Å². The molecule has 0 unspecified atom stereocenters. The summed E-state index contributed by atoms with van der Waals surface area (Å²) in [5.74, 6) is 1.13. The first-order valence-electron chi connectivity index (χ1n) is 2.50. The molecular formula is C5H11NS2. The van der Waals surface area contributed by atoms with Crippen LogP contribution in [0.3, 0.4) is 0 Å². The van der Waals surface area contributed by atoms with Crippen LogP contribution in [-0.2, 0) is 0 Å². The Labute approximate surface area is 60.2 Å². The smallest absolute Gasteiger partial charge is 0.0722 e. The number of hydrogen-bond donors (Lipinski definition) is 1. The molecular weight excluding hydrogens is 138 g/mol. The minimum Gasteiger partial charge on any atom is -0.379 e. The van der Waals surface area contributed by atoms with E-state index in [9.17, 15) is 0 Å². The highest BCUT2D eigenvalue weighted by Gasteiger charge is 1.82. The minimum absolute atomic E-state index is 0.888. The normalized spacial score (nSPS) is 8.75. The van der Waals surface area contributed by atoms with Gasteiger partial charge in [-0.1, -0.05) is 12.2 Å². The zero-order chi connectivity index (χ0) is 6.41. The Kier molecular flexibility index (Phi) is 5.54. The van der Waals surface area contributed by atoms with E-state index >= 15 is 0 Å². The van der Waals surface area contributed by atoms with E-state index in [1.165, 1.54) is 0 Å². The molecule has 0 aliphatic rings. The molecule has 0 amide bonds. The first-order chi connectivity index (χ1) is 3.77. The van der Waals surface area contributed by atoms with Gasteiger partial charge < -0.3 is 5.32 Å². The minimum atomic E-state index is 0.888.